The van der Waals surface area contributed by atoms with Crippen molar-refractivity contribution in [1.29, 1.82) is 0 Å². The minimum absolute atomic E-state index is 0.375. The van der Waals surface area contributed by atoms with Crippen molar-refractivity contribution >= 4 is 6.47 Å². The van der Waals surface area contributed by atoms with Gasteiger partial charge in [0.05, 0.1) is 7.11 Å². The summed E-state index contributed by atoms with van der Waals surface area (Å²) in [6.07, 6.45) is 2.53. The van der Waals surface area contributed by atoms with E-state index in [1.54, 1.807) is 0 Å². The summed E-state index contributed by atoms with van der Waals surface area (Å²) >= 11 is 0. The quantitative estimate of drug-likeness (QED) is 0.488. The Hall–Kier alpha value is -0.570. The molecule has 48 valence electrons. The van der Waals surface area contributed by atoms with E-state index < -0.39 is 0 Å². The second-order valence-electron chi connectivity index (χ2n) is 1.67. The van der Waals surface area contributed by atoms with Gasteiger partial charge in [-0.2, -0.15) is 0 Å². The first-order valence-corrected chi connectivity index (χ1v) is 2.53. The van der Waals surface area contributed by atoms with Crippen LogP contribution in [0.2, 0.25) is 0 Å². The average Bonchev–Trinajstić information content (AvgIpc) is 2.52. The van der Waals surface area contributed by atoms with E-state index in [-0.39, 0.29) is 0 Å². The fourth-order valence-corrected chi connectivity index (χ4v) is 0.0962. The molecule has 1 saturated carbocycles. The third-order valence-corrected chi connectivity index (χ3v) is 0.718. The normalized spacial score (nSPS) is 15.8. The summed E-state index contributed by atoms with van der Waals surface area (Å²) in [4.78, 5) is 8.95. The van der Waals surface area contributed by atoms with E-state index in [9.17, 15) is 0 Å². The molecule has 3 heteroatoms. The van der Waals surface area contributed by atoms with Gasteiger partial charge in [-0.25, -0.2) is 0 Å². The van der Waals surface area contributed by atoms with Gasteiger partial charge in [-0.05, 0) is 12.8 Å². The maximum absolute atomic E-state index is 8.95. The van der Waals surface area contributed by atoms with Crippen LogP contribution in [-0.4, -0.2) is 19.6 Å². The summed E-state index contributed by atoms with van der Waals surface area (Å²) in [7, 11) is 1.31. The zero-order valence-corrected chi connectivity index (χ0v) is 4.96. The van der Waals surface area contributed by atoms with Crippen LogP contribution < -0.4 is 5.73 Å². The second kappa shape index (κ2) is 4.59. The molecule has 0 bridgehead atoms. The molecule has 0 aromatic rings. The third-order valence-electron chi connectivity index (χ3n) is 0.718. The number of hydrogen-bond acceptors (Lipinski definition) is 3. The molecule has 1 fully saturated rings. The highest BCUT2D eigenvalue weighted by Crippen LogP contribution is 2.13. The van der Waals surface area contributed by atoms with Crippen LogP contribution >= 0.6 is 0 Å². The number of rotatable bonds is 1. The molecule has 0 aliphatic heterocycles. The van der Waals surface area contributed by atoms with Crippen LogP contribution in [0.15, 0.2) is 0 Å². The number of nitrogens with two attached hydrogens (primary N) is 1. The van der Waals surface area contributed by atoms with Crippen LogP contribution in [0.25, 0.3) is 0 Å². The average molecular weight is 117 g/mol. The van der Waals surface area contributed by atoms with Crippen LogP contribution in [0.3, 0.4) is 0 Å². The van der Waals surface area contributed by atoms with E-state index in [0.29, 0.717) is 12.5 Å². The first-order chi connectivity index (χ1) is 3.81. The molecule has 1 rings (SSSR count). The largest absolute Gasteiger partial charge is 0.471 e. The Bertz CT molecular complexity index is 61.4. The van der Waals surface area contributed by atoms with Crippen LogP contribution in [0, 0.1) is 0 Å². The summed E-state index contributed by atoms with van der Waals surface area (Å²) in [5.41, 5.74) is 5.22. The van der Waals surface area contributed by atoms with E-state index in [0.717, 1.165) is 0 Å². The highest BCUT2D eigenvalue weighted by molar-refractivity contribution is 5.36. The highest BCUT2D eigenvalue weighted by Gasteiger charge is 2.13. The maximum atomic E-state index is 8.95. The Labute approximate surface area is 48.8 Å². The van der Waals surface area contributed by atoms with Crippen molar-refractivity contribution in [3.63, 3.8) is 0 Å². The van der Waals surface area contributed by atoms with Gasteiger partial charge in [0.25, 0.3) is 6.47 Å². The number of methoxy groups -OCH3 is 1. The van der Waals surface area contributed by atoms with E-state index in [2.05, 4.69) is 4.74 Å². The van der Waals surface area contributed by atoms with Gasteiger partial charge in [-0.15, -0.1) is 0 Å². The summed E-state index contributed by atoms with van der Waals surface area (Å²) in [5, 5.41) is 0. The number of hydrogen-bond donors (Lipinski definition) is 1. The zero-order valence-electron chi connectivity index (χ0n) is 4.96. The fourth-order valence-electron chi connectivity index (χ4n) is 0.0962. The van der Waals surface area contributed by atoms with Crippen LogP contribution in [0.4, 0.5) is 0 Å². The van der Waals surface area contributed by atoms with Gasteiger partial charge in [-0.3, -0.25) is 4.79 Å². The Morgan fingerprint density at radius 2 is 2.00 bits per heavy atom. The van der Waals surface area contributed by atoms with Gasteiger partial charge in [0.2, 0.25) is 0 Å². The van der Waals surface area contributed by atoms with E-state index in [1.807, 2.05) is 0 Å². The predicted octanol–water partition coefficient (Wildman–Crippen LogP) is -0.103. The van der Waals surface area contributed by atoms with Crippen molar-refractivity contribution < 1.29 is 9.53 Å². The van der Waals surface area contributed by atoms with E-state index >= 15 is 0 Å². The van der Waals surface area contributed by atoms with Gasteiger partial charge in [0.1, 0.15) is 0 Å². The van der Waals surface area contributed by atoms with E-state index in [1.165, 1.54) is 20.0 Å². The van der Waals surface area contributed by atoms with Crippen LogP contribution in [0.1, 0.15) is 12.8 Å². The Kier molecular flexibility index (Phi) is 4.26. The zero-order chi connectivity index (χ0) is 6.41. The first kappa shape index (κ1) is 7.43. The molecular formula is C5H11NO2. The minimum Gasteiger partial charge on any atom is -0.471 e. The predicted molar refractivity (Wildman–Crippen MR) is 30.3 cm³/mol. The Morgan fingerprint density at radius 3 is 2.00 bits per heavy atom. The van der Waals surface area contributed by atoms with Gasteiger partial charge < -0.3 is 10.5 Å². The van der Waals surface area contributed by atoms with Crippen molar-refractivity contribution in [3.05, 3.63) is 0 Å². The third kappa shape index (κ3) is 9.06. The van der Waals surface area contributed by atoms with Crippen molar-refractivity contribution in [2.45, 2.75) is 18.9 Å². The van der Waals surface area contributed by atoms with Crippen molar-refractivity contribution in [2.75, 3.05) is 7.11 Å². The SMILES string of the molecule is COC=O.NC1CC1. The Balaban J connectivity index is 0.000000122. The first-order valence-electron chi connectivity index (χ1n) is 2.53. The van der Waals surface area contributed by atoms with Crippen molar-refractivity contribution in [1.82, 2.24) is 0 Å². The molecule has 0 heterocycles. The molecule has 0 saturated heterocycles. The van der Waals surface area contributed by atoms with Gasteiger partial charge in [0.15, 0.2) is 0 Å². The number of ether oxygens (including phenoxy) is 1. The standard InChI is InChI=1S/C3H7N.C2H4O2/c4-3-1-2-3;1-4-2-3/h3H,1-2,4H2;2H,1H3. The molecule has 0 radical (unpaired) electrons. The van der Waals surface area contributed by atoms with E-state index in [4.69, 9.17) is 10.5 Å². The lowest BCUT2D eigenvalue weighted by Crippen LogP contribution is -1.94. The van der Waals surface area contributed by atoms with Crippen molar-refractivity contribution in [2.24, 2.45) is 5.73 Å². The molecule has 0 aromatic heterocycles. The fraction of sp³-hybridized carbons (Fsp3) is 0.800. The Morgan fingerprint density at radius 1 is 1.75 bits per heavy atom. The molecule has 1 aliphatic carbocycles. The molecule has 3 nitrogen and oxygen atoms in total. The van der Waals surface area contributed by atoms with Crippen LogP contribution in [-0.2, 0) is 9.53 Å². The van der Waals surface area contributed by atoms with Gasteiger partial charge in [0, 0.05) is 6.04 Å². The number of carbonyl (C=O) groups is 1. The highest BCUT2D eigenvalue weighted by atomic mass is 16.5. The minimum atomic E-state index is 0.375. The summed E-state index contributed by atoms with van der Waals surface area (Å²) in [6.45, 7) is 0.375. The van der Waals surface area contributed by atoms with Crippen LogP contribution in [0.5, 0.6) is 0 Å². The molecule has 8 heavy (non-hydrogen) atoms. The van der Waals surface area contributed by atoms with Gasteiger partial charge in [-0.1, -0.05) is 0 Å². The molecule has 0 amide bonds. The molecule has 2 N–H and O–H groups in total. The number of carbonyl (C=O) groups excluding carboxylic acids is 1. The lowest BCUT2D eigenvalue weighted by molar-refractivity contribution is -0.126. The smallest absolute Gasteiger partial charge is 0.292 e. The molecule has 1 aliphatic rings. The van der Waals surface area contributed by atoms with Gasteiger partial charge >= 0.3 is 0 Å². The monoisotopic (exact) mass is 117 g/mol. The topological polar surface area (TPSA) is 52.3 Å². The lowest BCUT2D eigenvalue weighted by Gasteiger charge is -1.67. The lowest BCUT2D eigenvalue weighted by atomic mass is 10.8. The van der Waals surface area contributed by atoms with Crippen molar-refractivity contribution in [3.8, 4) is 0 Å². The molecular weight excluding hydrogens is 106 g/mol. The molecule has 0 spiro atoms. The summed E-state index contributed by atoms with van der Waals surface area (Å²) in [5.74, 6) is 0. The molecule has 0 aromatic carbocycles. The maximum Gasteiger partial charge on any atom is 0.292 e. The summed E-state index contributed by atoms with van der Waals surface area (Å²) in [6, 6.07) is 0.583. The summed E-state index contributed by atoms with van der Waals surface area (Å²) < 4.78 is 3.86. The molecule has 0 atom stereocenters. The second-order valence-corrected chi connectivity index (χ2v) is 1.67. The molecule has 0 unspecified atom stereocenters.